The van der Waals surface area contributed by atoms with E-state index in [9.17, 15) is 4.79 Å². The van der Waals surface area contributed by atoms with Crippen LogP contribution in [-0.2, 0) is 10.5 Å². The van der Waals surface area contributed by atoms with E-state index in [4.69, 9.17) is 27.9 Å². The molecular weight excluding hydrogens is 401 g/mol. The van der Waals surface area contributed by atoms with Gasteiger partial charge in [0.2, 0.25) is 5.91 Å². The summed E-state index contributed by atoms with van der Waals surface area (Å²) in [5.41, 5.74) is 1.04. The van der Waals surface area contributed by atoms with E-state index in [0.717, 1.165) is 16.7 Å². The summed E-state index contributed by atoms with van der Waals surface area (Å²) in [5, 5.41) is 6.25. The van der Waals surface area contributed by atoms with Crippen LogP contribution in [0.15, 0.2) is 60.7 Å². The fraction of sp³-hybridized carbons (Fsp3) is 0.190. The van der Waals surface area contributed by atoms with E-state index in [1.807, 2.05) is 42.5 Å². The van der Waals surface area contributed by atoms with Crippen molar-refractivity contribution < 1.29 is 9.53 Å². The van der Waals surface area contributed by atoms with Crippen LogP contribution in [0.4, 0.5) is 0 Å². The number of rotatable bonds is 8. The second-order valence-corrected chi connectivity index (χ2v) is 7.75. The Morgan fingerprint density at radius 1 is 0.963 bits per heavy atom. The van der Waals surface area contributed by atoms with Gasteiger partial charge in [0.05, 0.1) is 22.3 Å². The standard InChI is InChI=1S/C21H19Cl2NO2S/c22-19-8-5-15(11-20(19)23)13-27-14-21(25)24-9-10-26-18-7-6-16-3-1-2-4-17(16)12-18/h1-8,11-12H,9-10,13-14H2,(H,24,25). The highest BCUT2D eigenvalue weighted by molar-refractivity contribution is 7.99. The van der Waals surface area contributed by atoms with Crippen LogP contribution in [0.25, 0.3) is 10.8 Å². The van der Waals surface area contributed by atoms with E-state index in [2.05, 4.69) is 17.4 Å². The van der Waals surface area contributed by atoms with Gasteiger partial charge in [-0.3, -0.25) is 4.79 Å². The lowest BCUT2D eigenvalue weighted by atomic mass is 10.1. The molecule has 0 bridgehead atoms. The number of hydrogen-bond acceptors (Lipinski definition) is 3. The summed E-state index contributed by atoms with van der Waals surface area (Å²) >= 11 is 13.4. The Hall–Kier alpha value is -1.88. The molecule has 0 heterocycles. The Morgan fingerprint density at radius 3 is 2.59 bits per heavy atom. The summed E-state index contributed by atoms with van der Waals surface area (Å²) in [6, 6.07) is 19.6. The van der Waals surface area contributed by atoms with Crippen molar-refractivity contribution in [2.45, 2.75) is 5.75 Å². The molecule has 3 aromatic rings. The fourth-order valence-electron chi connectivity index (χ4n) is 2.56. The molecule has 6 heteroatoms. The van der Waals surface area contributed by atoms with Crippen LogP contribution in [0, 0.1) is 0 Å². The van der Waals surface area contributed by atoms with Crippen molar-refractivity contribution in [1.29, 1.82) is 0 Å². The third kappa shape index (κ3) is 6.06. The minimum absolute atomic E-state index is 0.0119. The molecule has 0 atom stereocenters. The Kier molecular flexibility index (Phi) is 7.27. The largest absolute Gasteiger partial charge is 0.492 e. The van der Waals surface area contributed by atoms with Gasteiger partial charge < -0.3 is 10.1 Å². The van der Waals surface area contributed by atoms with Gasteiger partial charge in [-0.15, -0.1) is 11.8 Å². The normalized spacial score (nSPS) is 10.7. The van der Waals surface area contributed by atoms with Gasteiger partial charge in [-0.1, -0.05) is 59.6 Å². The zero-order valence-corrected chi connectivity index (χ0v) is 16.9. The van der Waals surface area contributed by atoms with Crippen molar-refractivity contribution in [3.8, 4) is 5.75 Å². The highest BCUT2D eigenvalue weighted by Gasteiger charge is 2.04. The number of carbonyl (C=O) groups excluding carboxylic acids is 1. The minimum atomic E-state index is -0.0119. The molecule has 0 unspecified atom stereocenters. The lowest BCUT2D eigenvalue weighted by molar-refractivity contribution is -0.118. The Bertz CT molecular complexity index is 933. The average Bonchev–Trinajstić information content (AvgIpc) is 2.68. The van der Waals surface area contributed by atoms with E-state index in [1.54, 1.807) is 6.07 Å². The van der Waals surface area contributed by atoms with Crippen LogP contribution in [-0.4, -0.2) is 24.8 Å². The molecule has 0 spiro atoms. The third-order valence-corrected chi connectivity index (χ3v) is 5.64. The molecule has 0 aliphatic carbocycles. The molecule has 0 fully saturated rings. The number of ether oxygens (including phenoxy) is 1. The molecule has 3 nitrogen and oxygen atoms in total. The molecule has 27 heavy (non-hydrogen) atoms. The number of carbonyl (C=O) groups is 1. The van der Waals surface area contributed by atoms with Gasteiger partial charge in [-0.2, -0.15) is 0 Å². The molecule has 0 aromatic heterocycles. The first-order valence-corrected chi connectivity index (χ1v) is 10.4. The number of hydrogen-bond donors (Lipinski definition) is 1. The Balaban J connectivity index is 1.34. The molecule has 0 aliphatic heterocycles. The SMILES string of the molecule is O=C(CSCc1ccc(Cl)c(Cl)c1)NCCOc1ccc2ccccc2c1. The maximum absolute atomic E-state index is 11.9. The first-order valence-electron chi connectivity index (χ1n) is 8.52. The van der Waals surface area contributed by atoms with E-state index < -0.39 is 0 Å². The number of halogens is 2. The van der Waals surface area contributed by atoms with E-state index in [-0.39, 0.29) is 5.91 Å². The van der Waals surface area contributed by atoms with Crippen LogP contribution >= 0.6 is 35.0 Å². The number of benzene rings is 3. The summed E-state index contributed by atoms with van der Waals surface area (Å²) in [5.74, 6) is 1.88. The Morgan fingerprint density at radius 2 is 1.78 bits per heavy atom. The molecule has 1 amide bonds. The van der Waals surface area contributed by atoms with Gasteiger partial charge in [0, 0.05) is 5.75 Å². The van der Waals surface area contributed by atoms with Crippen LogP contribution < -0.4 is 10.1 Å². The zero-order valence-electron chi connectivity index (χ0n) is 14.6. The van der Waals surface area contributed by atoms with Crippen LogP contribution in [0.1, 0.15) is 5.56 Å². The van der Waals surface area contributed by atoms with E-state index in [0.29, 0.717) is 34.7 Å². The molecule has 0 saturated carbocycles. The number of fused-ring (bicyclic) bond motifs is 1. The number of thioether (sulfide) groups is 1. The maximum atomic E-state index is 11.9. The van der Waals surface area contributed by atoms with Crippen molar-refractivity contribution in [3.05, 3.63) is 76.3 Å². The van der Waals surface area contributed by atoms with Gasteiger partial charge >= 0.3 is 0 Å². The molecule has 140 valence electrons. The van der Waals surface area contributed by atoms with Crippen LogP contribution in [0.5, 0.6) is 5.75 Å². The van der Waals surface area contributed by atoms with Crippen LogP contribution in [0.3, 0.4) is 0 Å². The lowest BCUT2D eigenvalue weighted by Gasteiger charge is -2.09. The van der Waals surface area contributed by atoms with Gasteiger partial charge in [0.1, 0.15) is 12.4 Å². The Labute approximate surface area is 173 Å². The van der Waals surface area contributed by atoms with Gasteiger partial charge in [0.25, 0.3) is 0 Å². The zero-order chi connectivity index (χ0) is 19.1. The van der Waals surface area contributed by atoms with Gasteiger partial charge in [-0.05, 0) is 40.6 Å². The predicted molar refractivity (Wildman–Crippen MR) is 115 cm³/mol. The summed E-state index contributed by atoms with van der Waals surface area (Å²) in [4.78, 5) is 11.9. The van der Waals surface area contributed by atoms with Crippen LogP contribution in [0.2, 0.25) is 10.0 Å². The summed E-state index contributed by atoms with van der Waals surface area (Å²) < 4.78 is 5.71. The van der Waals surface area contributed by atoms with Crippen molar-refractivity contribution in [2.24, 2.45) is 0 Å². The molecule has 0 aliphatic rings. The van der Waals surface area contributed by atoms with Crippen molar-refractivity contribution in [2.75, 3.05) is 18.9 Å². The molecule has 0 radical (unpaired) electrons. The van der Waals surface area contributed by atoms with Crippen molar-refractivity contribution >= 4 is 51.6 Å². The number of nitrogens with one attached hydrogen (secondary N) is 1. The van der Waals surface area contributed by atoms with Gasteiger partial charge in [-0.25, -0.2) is 0 Å². The quantitative estimate of drug-likeness (QED) is 0.484. The molecular formula is C21H19Cl2NO2S. The smallest absolute Gasteiger partial charge is 0.230 e. The van der Waals surface area contributed by atoms with Crippen molar-refractivity contribution in [1.82, 2.24) is 5.32 Å². The fourth-order valence-corrected chi connectivity index (χ4v) is 3.68. The first-order chi connectivity index (χ1) is 13.1. The molecule has 1 N–H and O–H groups in total. The second-order valence-electron chi connectivity index (χ2n) is 5.95. The summed E-state index contributed by atoms with van der Waals surface area (Å²) in [6.07, 6.45) is 0. The molecule has 0 saturated heterocycles. The third-order valence-electron chi connectivity index (χ3n) is 3.90. The first kappa shape index (κ1) is 19.9. The van der Waals surface area contributed by atoms with Crippen molar-refractivity contribution in [3.63, 3.8) is 0 Å². The second kappa shape index (κ2) is 9.88. The maximum Gasteiger partial charge on any atom is 0.230 e. The molecule has 3 rings (SSSR count). The predicted octanol–water partition coefficient (Wildman–Crippen LogP) is 5.58. The van der Waals surface area contributed by atoms with E-state index >= 15 is 0 Å². The van der Waals surface area contributed by atoms with Gasteiger partial charge in [0.15, 0.2) is 0 Å². The average molecular weight is 420 g/mol. The minimum Gasteiger partial charge on any atom is -0.492 e. The topological polar surface area (TPSA) is 38.3 Å². The summed E-state index contributed by atoms with van der Waals surface area (Å²) in [7, 11) is 0. The highest BCUT2D eigenvalue weighted by atomic mass is 35.5. The lowest BCUT2D eigenvalue weighted by Crippen LogP contribution is -2.29. The number of amides is 1. The monoisotopic (exact) mass is 419 g/mol. The van der Waals surface area contributed by atoms with E-state index in [1.165, 1.54) is 17.1 Å². The summed E-state index contributed by atoms with van der Waals surface area (Å²) in [6.45, 7) is 0.903. The highest BCUT2D eigenvalue weighted by Crippen LogP contribution is 2.24. The molecule has 3 aromatic carbocycles.